The predicted octanol–water partition coefficient (Wildman–Crippen LogP) is 2.67. The topological polar surface area (TPSA) is 106 Å². The van der Waals surface area contributed by atoms with Gasteiger partial charge in [0.05, 0.1) is 12.8 Å². The van der Waals surface area contributed by atoms with Gasteiger partial charge in [0.2, 0.25) is 0 Å². The maximum absolute atomic E-state index is 13.0. The van der Waals surface area contributed by atoms with Crippen LogP contribution in [0.3, 0.4) is 0 Å². The van der Waals surface area contributed by atoms with Crippen molar-refractivity contribution in [2.24, 2.45) is 11.0 Å². The van der Waals surface area contributed by atoms with Gasteiger partial charge in [-0.1, -0.05) is 26.0 Å². The van der Waals surface area contributed by atoms with Crippen LogP contribution in [-0.2, 0) is 14.3 Å². The van der Waals surface area contributed by atoms with E-state index in [1.807, 2.05) is 0 Å². The summed E-state index contributed by atoms with van der Waals surface area (Å²) in [5, 5.41) is 6.57. The van der Waals surface area contributed by atoms with Crippen LogP contribution in [0.5, 0.6) is 5.75 Å². The first-order valence-corrected chi connectivity index (χ1v) is 10.1. The zero-order valence-electron chi connectivity index (χ0n) is 18.1. The van der Waals surface area contributed by atoms with Gasteiger partial charge in [-0.2, -0.15) is 5.10 Å². The highest BCUT2D eigenvalue weighted by molar-refractivity contribution is 5.97. The lowest BCUT2D eigenvalue weighted by molar-refractivity contribution is -0.145. The number of amides is 2. The summed E-state index contributed by atoms with van der Waals surface area (Å²) in [7, 11) is 0. The van der Waals surface area contributed by atoms with Gasteiger partial charge in [0.15, 0.2) is 6.61 Å². The molecule has 0 radical (unpaired) electrons. The first-order valence-electron chi connectivity index (χ1n) is 10.1. The van der Waals surface area contributed by atoms with Crippen LogP contribution in [0, 0.1) is 11.7 Å². The van der Waals surface area contributed by atoms with Crippen molar-refractivity contribution >= 4 is 24.0 Å². The fraction of sp³-hybridized carbons (Fsp3) is 0.304. The third kappa shape index (κ3) is 7.82. The van der Waals surface area contributed by atoms with Crippen LogP contribution >= 0.6 is 0 Å². The van der Waals surface area contributed by atoms with Crippen LogP contribution in [-0.4, -0.2) is 43.3 Å². The number of carbonyl (C=O) groups is 3. The minimum Gasteiger partial charge on any atom is -0.482 e. The lowest BCUT2D eigenvalue weighted by Gasteiger charge is -2.20. The fourth-order valence-corrected chi connectivity index (χ4v) is 2.63. The number of ether oxygens (including phenoxy) is 2. The molecule has 2 aromatic carbocycles. The molecular formula is C23H26FN3O5. The summed E-state index contributed by atoms with van der Waals surface area (Å²) in [6, 6.07) is 11.0. The van der Waals surface area contributed by atoms with E-state index < -0.39 is 29.6 Å². The van der Waals surface area contributed by atoms with E-state index in [0.29, 0.717) is 11.3 Å². The van der Waals surface area contributed by atoms with E-state index in [1.54, 1.807) is 45.0 Å². The molecule has 1 atom stereocenters. The normalized spacial score (nSPS) is 11.8. The lowest BCUT2D eigenvalue weighted by atomic mass is 10.0. The van der Waals surface area contributed by atoms with E-state index in [0.717, 1.165) is 0 Å². The van der Waals surface area contributed by atoms with Crippen molar-refractivity contribution in [2.45, 2.75) is 26.8 Å². The van der Waals surface area contributed by atoms with Gasteiger partial charge >= 0.3 is 5.97 Å². The number of halogens is 1. The summed E-state index contributed by atoms with van der Waals surface area (Å²) in [5.41, 5.74) is 3.28. The second kappa shape index (κ2) is 12.2. The van der Waals surface area contributed by atoms with E-state index in [2.05, 4.69) is 15.8 Å². The Morgan fingerprint density at radius 1 is 1.12 bits per heavy atom. The van der Waals surface area contributed by atoms with E-state index >= 15 is 0 Å². The summed E-state index contributed by atoms with van der Waals surface area (Å²) >= 11 is 0. The van der Waals surface area contributed by atoms with Gasteiger partial charge in [-0.3, -0.25) is 9.59 Å². The van der Waals surface area contributed by atoms with Gasteiger partial charge < -0.3 is 14.8 Å². The molecule has 2 aromatic rings. The molecule has 9 heteroatoms. The van der Waals surface area contributed by atoms with E-state index in [4.69, 9.17) is 9.47 Å². The second-order valence-electron chi connectivity index (χ2n) is 7.10. The number of hydrogen-bond donors (Lipinski definition) is 2. The number of nitrogens with one attached hydrogen (secondary N) is 2. The zero-order valence-corrected chi connectivity index (χ0v) is 18.1. The van der Waals surface area contributed by atoms with Crippen molar-refractivity contribution in [1.29, 1.82) is 0 Å². The largest absolute Gasteiger partial charge is 0.482 e. The molecule has 170 valence electrons. The number of rotatable bonds is 10. The van der Waals surface area contributed by atoms with Crippen molar-refractivity contribution < 1.29 is 28.2 Å². The molecule has 0 saturated carbocycles. The Morgan fingerprint density at radius 2 is 1.84 bits per heavy atom. The van der Waals surface area contributed by atoms with Crippen LogP contribution in [0.25, 0.3) is 0 Å². The molecule has 0 aliphatic heterocycles. The Morgan fingerprint density at radius 3 is 2.50 bits per heavy atom. The molecule has 0 aliphatic carbocycles. The van der Waals surface area contributed by atoms with E-state index in [9.17, 15) is 18.8 Å². The van der Waals surface area contributed by atoms with Gasteiger partial charge in [0, 0.05) is 5.56 Å². The highest BCUT2D eigenvalue weighted by atomic mass is 19.1. The minimum absolute atomic E-state index is 0.213. The smallest absolute Gasteiger partial charge is 0.344 e. The quantitative estimate of drug-likeness (QED) is 0.334. The highest BCUT2D eigenvalue weighted by Crippen LogP contribution is 2.12. The molecule has 8 nitrogen and oxygen atoms in total. The molecule has 2 amide bonds. The number of esters is 1. The van der Waals surface area contributed by atoms with E-state index in [1.165, 1.54) is 30.5 Å². The Balaban J connectivity index is 1.95. The van der Waals surface area contributed by atoms with E-state index in [-0.39, 0.29) is 24.7 Å². The average molecular weight is 443 g/mol. The highest BCUT2D eigenvalue weighted by Gasteiger charge is 2.24. The molecule has 0 bridgehead atoms. The fourth-order valence-electron chi connectivity index (χ4n) is 2.63. The molecule has 0 saturated heterocycles. The summed E-state index contributed by atoms with van der Waals surface area (Å²) in [6.45, 7) is 5.33. The van der Waals surface area contributed by atoms with Crippen molar-refractivity contribution in [3.63, 3.8) is 0 Å². The van der Waals surface area contributed by atoms with Gasteiger partial charge in [-0.15, -0.1) is 0 Å². The minimum atomic E-state index is -0.844. The van der Waals surface area contributed by atoms with Crippen molar-refractivity contribution in [3.05, 3.63) is 65.5 Å². The van der Waals surface area contributed by atoms with Crippen LogP contribution < -0.4 is 15.5 Å². The molecule has 0 aliphatic rings. The molecular weight excluding hydrogens is 417 g/mol. The Kier molecular flexibility index (Phi) is 9.34. The zero-order chi connectivity index (χ0) is 23.5. The molecule has 0 spiro atoms. The number of hydrogen-bond acceptors (Lipinski definition) is 6. The Hall–Kier alpha value is -3.75. The van der Waals surface area contributed by atoms with Crippen LogP contribution in [0.2, 0.25) is 0 Å². The molecule has 0 heterocycles. The maximum Gasteiger partial charge on any atom is 0.344 e. The lowest BCUT2D eigenvalue weighted by Crippen LogP contribution is -2.48. The Labute approximate surface area is 185 Å². The SMILES string of the molecule is CCOC(=O)COc1cccc(/C=N/NC(=O)C(NC(=O)c2ccc(F)cc2)C(C)C)c1. The van der Waals surface area contributed by atoms with Gasteiger partial charge in [-0.25, -0.2) is 14.6 Å². The summed E-state index contributed by atoms with van der Waals surface area (Å²) < 4.78 is 23.2. The van der Waals surface area contributed by atoms with Crippen molar-refractivity contribution in [2.75, 3.05) is 13.2 Å². The summed E-state index contributed by atoms with van der Waals surface area (Å²) in [6.07, 6.45) is 1.41. The third-order valence-electron chi connectivity index (χ3n) is 4.25. The molecule has 2 rings (SSSR count). The van der Waals surface area contributed by atoms with Gasteiger partial charge in [-0.05, 0) is 54.8 Å². The molecule has 0 fully saturated rings. The van der Waals surface area contributed by atoms with Gasteiger partial charge in [0.25, 0.3) is 11.8 Å². The van der Waals surface area contributed by atoms with Crippen molar-refractivity contribution in [1.82, 2.24) is 10.7 Å². The Bertz CT molecular complexity index is 960. The van der Waals surface area contributed by atoms with Crippen LogP contribution in [0.15, 0.2) is 53.6 Å². The summed E-state index contributed by atoms with van der Waals surface area (Å²) in [4.78, 5) is 36.3. The van der Waals surface area contributed by atoms with Crippen LogP contribution in [0.1, 0.15) is 36.7 Å². The molecule has 1 unspecified atom stereocenters. The summed E-state index contributed by atoms with van der Waals surface area (Å²) in [5.74, 6) is -1.68. The monoisotopic (exact) mass is 443 g/mol. The first kappa shape index (κ1) is 24.5. The number of carbonyl (C=O) groups excluding carboxylic acids is 3. The first-order chi connectivity index (χ1) is 15.3. The van der Waals surface area contributed by atoms with Crippen LogP contribution in [0.4, 0.5) is 4.39 Å². The van der Waals surface area contributed by atoms with Gasteiger partial charge in [0.1, 0.15) is 17.6 Å². The van der Waals surface area contributed by atoms with Crippen molar-refractivity contribution in [3.8, 4) is 5.75 Å². The predicted molar refractivity (Wildman–Crippen MR) is 117 cm³/mol. The number of hydrazone groups is 1. The second-order valence-corrected chi connectivity index (χ2v) is 7.10. The average Bonchev–Trinajstić information content (AvgIpc) is 2.76. The molecule has 32 heavy (non-hydrogen) atoms. The third-order valence-corrected chi connectivity index (χ3v) is 4.25. The maximum atomic E-state index is 13.0. The molecule has 2 N–H and O–H groups in total. The number of nitrogens with zero attached hydrogens (tertiary/aromatic N) is 1. The molecule has 0 aromatic heterocycles. The number of benzene rings is 2. The standard InChI is InChI=1S/C23H26FN3O5/c1-4-31-20(28)14-32-19-7-5-6-16(12-19)13-25-27-23(30)21(15(2)3)26-22(29)17-8-10-18(24)11-9-17/h5-13,15,21H,4,14H2,1-3H3,(H,26,29)(H,27,30)/b25-13+.